The Morgan fingerprint density at radius 3 is 2.44 bits per heavy atom. The van der Waals surface area contributed by atoms with Crippen LogP contribution < -0.4 is 0 Å². The van der Waals surface area contributed by atoms with Crippen LogP contribution >= 0.6 is 0 Å². The van der Waals surface area contributed by atoms with E-state index in [2.05, 4.69) is 5.92 Å². The van der Waals surface area contributed by atoms with E-state index in [1.807, 2.05) is 36.1 Å². The Kier molecular flexibility index (Phi) is 6.73. The number of carbonyl (C=O) groups is 1. The SMILES string of the molecule is C#CCN(CC(=O)N(C)Cc1ccccc1F)Cc1ccc(C)cc1. The van der Waals surface area contributed by atoms with Crippen molar-refractivity contribution in [3.05, 3.63) is 71.0 Å². The van der Waals surface area contributed by atoms with Gasteiger partial charge in [-0.15, -0.1) is 6.42 Å². The van der Waals surface area contributed by atoms with E-state index in [0.29, 0.717) is 18.7 Å². The summed E-state index contributed by atoms with van der Waals surface area (Å²) in [4.78, 5) is 15.9. The standard InChI is InChI=1S/C21H23FN2O/c1-4-13-24(14-18-11-9-17(2)10-12-18)16-21(25)23(3)15-19-7-5-6-8-20(19)22/h1,5-12H,13-16H2,2-3H3. The Balaban J connectivity index is 1.98. The number of carbonyl (C=O) groups excluding carboxylic acids is 1. The normalized spacial score (nSPS) is 10.5. The number of hydrogen-bond donors (Lipinski definition) is 0. The molecule has 2 aromatic carbocycles. The van der Waals surface area contributed by atoms with Crippen LogP contribution in [0.4, 0.5) is 4.39 Å². The molecule has 0 aliphatic heterocycles. The second-order valence-corrected chi connectivity index (χ2v) is 6.18. The number of terminal acetylenes is 1. The van der Waals surface area contributed by atoms with Crippen LogP contribution in [0, 0.1) is 25.1 Å². The summed E-state index contributed by atoms with van der Waals surface area (Å²) in [5.74, 6) is 2.20. The predicted octanol–water partition coefficient (Wildman–Crippen LogP) is 3.23. The molecule has 2 rings (SSSR count). The Bertz CT molecular complexity index is 749. The third-order valence-corrected chi connectivity index (χ3v) is 3.99. The number of benzene rings is 2. The molecule has 0 heterocycles. The zero-order chi connectivity index (χ0) is 18.2. The summed E-state index contributed by atoms with van der Waals surface area (Å²) >= 11 is 0. The number of halogens is 1. The maximum Gasteiger partial charge on any atom is 0.236 e. The van der Waals surface area contributed by atoms with Gasteiger partial charge < -0.3 is 4.90 Å². The Morgan fingerprint density at radius 1 is 1.12 bits per heavy atom. The zero-order valence-electron chi connectivity index (χ0n) is 14.7. The lowest BCUT2D eigenvalue weighted by atomic mass is 10.1. The van der Waals surface area contributed by atoms with E-state index in [1.54, 1.807) is 25.2 Å². The molecular weight excluding hydrogens is 315 g/mol. The van der Waals surface area contributed by atoms with Crippen LogP contribution in [-0.4, -0.2) is 35.8 Å². The fourth-order valence-electron chi connectivity index (χ4n) is 2.53. The van der Waals surface area contributed by atoms with Crippen molar-refractivity contribution in [1.29, 1.82) is 0 Å². The molecule has 0 saturated heterocycles. The largest absolute Gasteiger partial charge is 0.340 e. The summed E-state index contributed by atoms with van der Waals surface area (Å²) in [6, 6.07) is 14.6. The van der Waals surface area contributed by atoms with Gasteiger partial charge in [0.25, 0.3) is 0 Å². The molecule has 0 radical (unpaired) electrons. The van der Waals surface area contributed by atoms with E-state index >= 15 is 0 Å². The molecule has 0 spiro atoms. The van der Waals surface area contributed by atoms with Crippen LogP contribution in [0.25, 0.3) is 0 Å². The quantitative estimate of drug-likeness (QED) is 0.724. The van der Waals surface area contributed by atoms with Crippen molar-refractivity contribution in [2.75, 3.05) is 20.1 Å². The maximum absolute atomic E-state index is 13.7. The summed E-state index contributed by atoms with van der Waals surface area (Å²) in [5, 5.41) is 0. The summed E-state index contributed by atoms with van der Waals surface area (Å²) in [7, 11) is 1.68. The summed E-state index contributed by atoms with van der Waals surface area (Å²) in [6.45, 7) is 3.45. The van der Waals surface area contributed by atoms with Gasteiger partial charge in [-0.3, -0.25) is 9.69 Å². The molecule has 2 aromatic rings. The van der Waals surface area contributed by atoms with Gasteiger partial charge >= 0.3 is 0 Å². The van der Waals surface area contributed by atoms with Gasteiger partial charge in [0.15, 0.2) is 0 Å². The lowest BCUT2D eigenvalue weighted by Gasteiger charge is -2.24. The highest BCUT2D eigenvalue weighted by Gasteiger charge is 2.15. The monoisotopic (exact) mass is 338 g/mol. The van der Waals surface area contributed by atoms with Crippen molar-refractivity contribution >= 4 is 5.91 Å². The molecule has 0 fully saturated rings. The molecule has 0 bridgehead atoms. The van der Waals surface area contributed by atoms with Gasteiger partial charge in [-0.25, -0.2) is 4.39 Å². The van der Waals surface area contributed by atoms with Crippen molar-refractivity contribution in [1.82, 2.24) is 9.80 Å². The lowest BCUT2D eigenvalue weighted by Crippen LogP contribution is -2.38. The third-order valence-electron chi connectivity index (χ3n) is 3.99. The fraction of sp³-hybridized carbons (Fsp3) is 0.286. The van der Waals surface area contributed by atoms with E-state index in [-0.39, 0.29) is 24.8 Å². The van der Waals surface area contributed by atoms with Crippen molar-refractivity contribution in [2.45, 2.75) is 20.0 Å². The second kappa shape index (κ2) is 9.00. The molecule has 0 aliphatic carbocycles. The molecule has 0 saturated carbocycles. The van der Waals surface area contributed by atoms with Gasteiger partial charge in [0.05, 0.1) is 13.1 Å². The topological polar surface area (TPSA) is 23.6 Å². The second-order valence-electron chi connectivity index (χ2n) is 6.18. The minimum absolute atomic E-state index is 0.0920. The minimum Gasteiger partial charge on any atom is -0.340 e. The summed E-state index contributed by atoms with van der Waals surface area (Å²) in [5.41, 5.74) is 2.79. The molecule has 25 heavy (non-hydrogen) atoms. The van der Waals surface area contributed by atoms with Gasteiger partial charge in [0.1, 0.15) is 5.82 Å². The third kappa shape index (κ3) is 5.74. The van der Waals surface area contributed by atoms with E-state index in [0.717, 1.165) is 5.56 Å². The average molecular weight is 338 g/mol. The van der Waals surface area contributed by atoms with Crippen molar-refractivity contribution < 1.29 is 9.18 Å². The maximum atomic E-state index is 13.7. The first kappa shape index (κ1) is 18.7. The molecule has 1 amide bonds. The molecule has 0 N–H and O–H groups in total. The van der Waals surface area contributed by atoms with Crippen LogP contribution in [0.3, 0.4) is 0 Å². The first-order chi connectivity index (χ1) is 12.0. The van der Waals surface area contributed by atoms with Crippen LogP contribution in [-0.2, 0) is 17.9 Å². The molecule has 3 nitrogen and oxygen atoms in total. The molecule has 0 aliphatic rings. The number of aryl methyl sites for hydroxylation is 1. The van der Waals surface area contributed by atoms with E-state index < -0.39 is 0 Å². The molecule has 0 aromatic heterocycles. The molecule has 4 heteroatoms. The van der Waals surface area contributed by atoms with Crippen LogP contribution in [0.5, 0.6) is 0 Å². The molecule has 130 valence electrons. The van der Waals surface area contributed by atoms with Crippen molar-refractivity contribution in [2.24, 2.45) is 0 Å². The number of amides is 1. The van der Waals surface area contributed by atoms with Gasteiger partial charge in [-0.2, -0.15) is 0 Å². The minimum atomic E-state index is -0.303. The van der Waals surface area contributed by atoms with Gasteiger partial charge in [-0.05, 0) is 18.6 Å². The predicted molar refractivity (Wildman–Crippen MR) is 98.2 cm³/mol. The van der Waals surface area contributed by atoms with Crippen molar-refractivity contribution in [3.8, 4) is 12.3 Å². The van der Waals surface area contributed by atoms with Gasteiger partial charge in [0, 0.05) is 25.7 Å². The molecular formula is C21H23FN2O. The van der Waals surface area contributed by atoms with Crippen LogP contribution in [0.15, 0.2) is 48.5 Å². The number of nitrogens with zero attached hydrogens (tertiary/aromatic N) is 2. The highest BCUT2D eigenvalue weighted by Crippen LogP contribution is 2.10. The first-order valence-electron chi connectivity index (χ1n) is 8.18. The fourth-order valence-corrected chi connectivity index (χ4v) is 2.53. The van der Waals surface area contributed by atoms with Gasteiger partial charge in [-0.1, -0.05) is 53.9 Å². The van der Waals surface area contributed by atoms with E-state index in [1.165, 1.54) is 16.5 Å². The highest BCUT2D eigenvalue weighted by molar-refractivity contribution is 5.78. The highest BCUT2D eigenvalue weighted by atomic mass is 19.1. The van der Waals surface area contributed by atoms with E-state index in [4.69, 9.17) is 6.42 Å². The Labute approximate surface area is 149 Å². The van der Waals surface area contributed by atoms with E-state index in [9.17, 15) is 9.18 Å². The number of likely N-dealkylation sites (N-methyl/N-ethyl adjacent to an activating group) is 1. The first-order valence-corrected chi connectivity index (χ1v) is 8.18. The summed E-state index contributed by atoms with van der Waals surface area (Å²) in [6.07, 6.45) is 5.44. The van der Waals surface area contributed by atoms with Crippen molar-refractivity contribution in [3.63, 3.8) is 0 Å². The number of hydrogen-bond acceptors (Lipinski definition) is 2. The molecule has 0 unspecified atom stereocenters. The lowest BCUT2D eigenvalue weighted by molar-refractivity contribution is -0.131. The van der Waals surface area contributed by atoms with Gasteiger partial charge in [0.2, 0.25) is 5.91 Å². The van der Waals surface area contributed by atoms with Crippen LogP contribution in [0.2, 0.25) is 0 Å². The average Bonchev–Trinajstić information content (AvgIpc) is 2.59. The Morgan fingerprint density at radius 2 is 1.80 bits per heavy atom. The molecule has 0 atom stereocenters. The summed E-state index contributed by atoms with van der Waals surface area (Å²) < 4.78 is 13.7. The van der Waals surface area contributed by atoms with Crippen LogP contribution in [0.1, 0.15) is 16.7 Å². The smallest absolute Gasteiger partial charge is 0.236 e. The number of rotatable bonds is 7. The zero-order valence-corrected chi connectivity index (χ0v) is 14.7. The Hall–Kier alpha value is -2.64.